The van der Waals surface area contributed by atoms with E-state index in [2.05, 4.69) is 10.5 Å². The van der Waals surface area contributed by atoms with E-state index in [0.717, 1.165) is 30.7 Å². The molecule has 1 saturated carbocycles. The largest absolute Gasteiger partial charge is 0.496 e. The lowest BCUT2D eigenvalue weighted by Crippen LogP contribution is -2.28. The van der Waals surface area contributed by atoms with Gasteiger partial charge in [0.2, 0.25) is 0 Å². The molecule has 0 spiro atoms. The lowest BCUT2D eigenvalue weighted by Gasteiger charge is -2.16. The number of halogens is 1. The van der Waals surface area contributed by atoms with Crippen molar-refractivity contribution >= 4 is 17.4 Å². The highest BCUT2D eigenvalue weighted by Gasteiger charge is 2.42. The van der Waals surface area contributed by atoms with Crippen LogP contribution in [0.5, 0.6) is 5.75 Å². The van der Waals surface area contributed by atoms with Gasteiger partial charge in [-0.05, 0) is 30.4 Å². The van der Waals surface area contributed by atoms with E-state index >= 15 is 0 Å². The smallest absolute Gasteiger partial charge is 0.139 e. The summed E-state index contributed by atoms with van der Waals surface area (Å²) in [5.74, 6) is 1.07. The van der Waals surface area contributed by atoms with Gasteiger partial charge >= 0.3 is 0 Å². The number of rotatable bonds is 7. The summed E-state index contributed by atoms with van der Waals surface area (Å²) in [6.07, 6.45) is 2.81. The summed E-state index contributed by atoms with van der Waals surface area (Å²) in [4.78, 5) is 0. The van der Waals surface area contributed by atoms with Crippen LogP contribution in [-0.2, 0) is 6.54 Å². The third-order valence-corrected chi connectivity index (χ3v) is 4.09. The molecule has 20 heavy (non-hydrogen) atoms. The van der Waals surface area contributed by atoms with Crippen molar-refractivity contribution in [3.05, 3.63) is 28.8 Å². The molecule has 0 bridgehead atoms. The van der Waals surface area contributed by atoms with Crippen molar-refractivity contribution in [3.63, 3.8) is 0 Å². The summed E-state index contributed by atoms with van der Waals surface area (Å²) in [7, 11) is 1.63. The molecule has 0 amide bonds. The van der Waals surface area contributed by atoms with E-state index in [0.29, 0.717) is 23.8 Å². The molecule has 0 heterocycles. The van der Waals surface area contributed by atoms with E-state index in [9.17, 15) is 0 Å². The summed E-state index contributed by atoms with van der Waals surface area (Å²) in [6.45, 7) is 1.46. The fraction of sp³-hybridized carbons (Fsp3) is 0.500. The molecule has 110 valence electrons. The van der Waals surface area contributed by atoms with Gasteiger partial charge in [0, 0.05) is 30.1 Å². The van der Waals surface area contributed by atoms with Gasteiger partial charge in [-0.2, -0.15) is 0 Å². The summed E-state index contributed by atoms with van der Waals surface area (Å²) >= 11 is 6.19. The minimum absolute atomic E-state index is 0.130. The van der Waals surface area contributed by atoms with E-state index in [1.54, 1.807) is 7.11 Å². The van der Waals surface area contributed by atoms with E-state index in [-0.39, 0.29) is 5.41 Å². The first-order valence-electron chi connectivity index (χ1n) is 6.59. The Bertz CT molecular complexity index is 501. The predicted octanol–water partition coefficient (Wildman–Crippen LogP) is 2.35. The topological polar surface area (TPSA) is 79.9 Å². The van der Waals surface area contributed by atoms with Crippen molar-refractivity contribution < 1.29 is 9.94 Å². The second kappa shape index (κ2) is 6.33. The number of ether oxygens (including phenoxy) is 1. The van der Waals surface area contributed by atoms with Gasteiger partial charge in [-0.15, -0.1) is 0 Å². The fourth-order valence-corrected chi connectivity index (χ4v) is 2.60. The number of nitrogens with zero attached hydrogens (tertiary/aromatic N) is 1. The van der Waals surface area contributed by atoms with Gasteiger partial charge in [0.15, 0.2) is 0 Å². The maximum Gasteiger partial charge on any atom is 0.139 e. The molecule has 1 aromatic carbocycles. The molecule has 1 fully saturated rings. The molecule has 5 nitrogen and oxygen atoms in total. The van der Waals surface area contributed by atoms with Crippen LogP contribution in [0, 0.1) is 5.41 Å². The van der Waals surface area contributed by atoms with Crippen LogP contribution in [0.3, 0.4) is 0 Å². The van der Waals surface area contributed by atoms with E-state index in [4.69, 9.17) is 27.3 Å². The molecule has 1 aromatic rings. The first kappa shape index (κ1) is 14.9. The van der Waals surface area contributed by atoms with E-state index < -0.39 is 0 Å². The molecule has 0 unspecified atom stereocenters. The number of hydrogen-bond donors (Lipinski definition) is 3. The van der Waals surface area contributed by atoms with E-state index in [1.165, 1.54) is 0 Å². The lowest BCUT2D eigenvalue weighted by atomic mass is 10.0. The van der Waals surface area contributed by atoms with Gasteiger partial charge in [-0.1, -0.05) is 22.8 Å². The maximum atomic E-state index is 8.64. The average molecular weight is 298 g/mol. The number of oxime groups is 1. The van der Waals surface area contributed by atoms with Crippen LogP contribution in [0.1, 0.15) is 24.8 Å². The average Bonchev–Trinajstić information content (AvgIpc) is 3.20. The first-order chi connectivity index (χ1) is 9.60. The zero-order valence-corrected chi connectivity index (χ0v) is 12.3. The number of benzene rings is 1. The number of amidine groups is 1. The van der Waals surface area contributed by atoms with Crippen LogP contribution in [0.15, 0.2) is 23.4 Å². The van der Waals surface area contributed by atoms with Gasteiger partial charge in [-0.25, -0.2) is 0 Å². The zero-order valence-electron chi connectivity index (χ0n) is 11.5. The minimum Gasteiger partial charge on any atom is -0.496 e. The molecule has 0 aromatic heterocycles. The third-order valence-electron chi connectivity index (χ3n) is 3.74. The minimum atomic E-state index is 0.130. The molecule has 0 atom stereocenters. The number of nitrogens with two attached hydrogens (primary N) is 1. The van der Waals surface area contributed by atoms with Gasteiger partial charge in [0.1, 0.15) is 11.6 Å². The molecule has 0 saturated heterocycles. The Hall–Kier alpha value is -1.46. The Morgan fingerprint density at radius 2 is 2.30 bits per heavy atom. The Morgan fingerprint density at radius 3 is 2.90 bits per heavy atom. The second-order valence-electron chi connectivity index (χ2n) is 5.29. The molecule has 6 heteroatoms. The molecular weight excluding hydrogens is 278 g/mol. The van der Waals surface area contributed by atoms with Crippen LogP contribution >= 0.6 is 11.6 Å². The summed E-state index contributed by atoms with van der Waals surface area (Å²) in [5, 5.41) is 15.8. The quantitative estimate of drug-likeness (QED) is 0.312. The fourth-order valence-electron chi connectivity index (χ4n) is 2.37. The summed E-state index contributed by atoms with van der Waals surface area (Å²) in [5.41, 5.74) is 6.67. The molecule has 1 aliphatic carbocycles. The van der Waals surface area contributed by atoms with Crippen molar-refractivity contribution in [1.29, 1.82) is 0 Å². The molecule has 0 radical (unpaired) electrons. The van der Waals surface area contributed by atoms with Crippen LogP contribution in [-0.4, -0.2) is 24.7 Å². The van der Waals surface area contributed by atoms with E-state index in [1.807, 2.05) is 18.2 Å². The molecule has 1 aliphatic rings. The van der Waals surface area contributed by atoms with Gasteiger partial charge in [0.05, 0.1) is 7.11 Å². The Morgan fingerprint density at radius 1 is 1.55 bits per heavy atom. The van der Waals surface area contributed by atoms with Crippen molar-refractivity contribution in [2.75, 3.05) is 13.7 Å². The lowest BCUT2D eigenvalue weighted by molar-refractivity contribution is 0.314. The second-order valence-corrected chi connectivity index (χ2v) is 5.70. The number of methoxy groups -OCH3 is 1. The SMILES string of the molecule is COc1cccc(Cl)c1CNCC1(C/C(N)=N/O)CC1. The highest BCUT2D eigenvalue weighted by molar-refractivity contribution is 6.31. The van der Waals surface area contributed by atoms with Crippen molar-refractivity contribution in [2.45, 2.75) is 25.8 Å². The van der Waals surface area contributed by atoms with Crippen LogP contribution in [0.25, 0.3) is 0 Å². The number of hydrogen-bond acceptors (Lipinski definition) is 4. The van der Waals surface area contributed by atoms with Crippen LogP contribution < -0.4 is 15.8 Å². The molecule has 4 N–H and O–H groups in total. The third kappa shape index (κ3) is 3.55. The van der Waals surface area contributed by atoms with Crippen LogP contribution in [0.4, 0.5) is 0 Å². The monoisotopic (exact) mass is 297 g/mol. The molecule has 2 rings (SSSR count). The normalized spacial score (nSPS) is 17.0. The zero-order chi connectivity index (χ0) is 14.6. The Labute approximate surface area is 123 Å². The first-order valence-corrected chi connectivity index (χ1v) is 6.96. The van der Waals surface area contributed by atoms with Crippen molar-refractivity contribution in [2.24, 2.45) is 16.3 Å². The maximum absolute atomic E-state index is 8.64. The Balaban J connectivity index is 1.91. The predicted molar refractivity (Wildman–Crippen MR) is 79.4 cm³/mol. The summed E-state index contributed by atoms with van der Waals surface area (Å²) < 4.78 is 5.31. The van der Waals surface area contributed by atoms with Gasteiger partial charge in [0.25, 0.3) is 0 Å². The highest BCUT2D eigenvalue weighted by atomic mass is 35.5. The summed E-state index contributed by atoms with van der Waals surface area (Å²) in [6, 6.07) is 5.61. The standard InChI is InChI=1S/C14H20ClN3O2/c1-20-12-4-2-3-11(15)10(12)8-17-9-14(5-6-14)7-13(16)18-19/h2-4,17,19H,5-9H2,1H3,(H2,16,18). The van der Waals surface area contributed by atoms with Gasteiger partial charge < -0.3 is 21.0 Å². The number of nitrogens with one attached hydrogen (secondary N) is 1. The van der Waals surface area contributed by atoms with Gasteiger partial charge in [-0.3, -0.25) is 0 Å². The highest BCUT2D eigenvalue weighted by Crippen LogP contribution is 2.48. The molecule has 0 aliphatic heterocycles. The van der Waals surface area contributed by atoms with Crippen molar-refractivity contribution in [1.82, 2.24) is 5.32 Å². The van der Waals surface area contributed by atoms with Crippen LogP contribution in [0.2, 0.25) is 5.02 Å². The van der Waals surface area contributed by atoms with Crippen molar-refractivity contribution in [3.8, 4) is 5.75 Å². The Kier molecular flexibility index (Phi) is 4.73. The molecular formula is C14H20ClN3O2.